The number of hydrogen-bond acceptors (Lipinski definition) is 3. The Kier molecular flexibility index (Phi) is 7.22. The Hall–Kier alpha value is -0.130. The van der Waals surface area contributed by atoms with Crippen molar-refractivity contribution >= 4 is 10.9 Å². The van der Waals surface area contributed by atoms with E-state index in [0.29, 0.717) is 6.54 Å². The zero-order chi connectivity index (χ0) is 10.3. The lowest BCUT2D eigenvalue weighted by molar-refractivity contribution is 0.356. The van der Waals surface area contributed by atoms with Gasteiger partial charge in [-0.05, 0) is 40.3 Å². The molecular weight excluding hydrogens is 188 g/mol. The van der Waals surface area contributed by atoms with Gasteiger partial charge in [0.2, 0.25) is 10.9 Å². The molecule has 0 bridgehead atoms. The summed E-state index contributed by atoms with van der Waals surface area (Å²) in [7, 11) is -0.514. The highest BCUT2D eigenvalue weighted by molar-refractivity contribution is 7.69. The monoisotopic (exact) mass is 208 g/mol. The Morgan fingerprint density at radius 2 is 1.92 bits per heavy atom. The van der Waals surface area contributed by atoms with Crippen LogP contribution in [0.5, 0.6) is 0 Å². The zero-order valence-corrected chi connectivity index (χ0v) is 9.51. The quantitative estimate of drug-likeness (QED) is 0.465. The van der Waals surface area contributed by atoms with Crippen LogP contribution >= 0.6 is 0 Å². The first-order chi connectivity index (χ1) is 6.09. The van der Waals surface area contributed by atoms with Crippen molar-refractivity contribution in [2.24, 2.45) is 0 Å². The van der Waals surface area contributed by atoms with E-state index in [-0.39, 0.29) is 6.04 Å². The van der Waals surface area contributed by atoms with Crippen molar-refractivity contribution in [3.05, 3.63) is 0 Å². The van der Waals surface area contributed by atoms with Gasteiger partial charge in [0.15, 0.2) is 0 Å². The maximum absolute atomic E-state index is 10.8. The first-order valence-corrected chi connectivity index (χ1v) is 5.78. The van der Waals surface area contributed by atoms with Crippen molar-refractivity contribution in [1.82, 2.24) is 9.62 Å². The molecule has 1 N–H and O–H groups in total. The minimum absolute atomic E-state index is 0.0793. The number of unbranched alkanes of at least 4 members (excludes halogenated alkanes) is 1. The fourth-order valence-electron chi connectivity index (χ4n) is 1.10. The third kappa shape index (κ3) is 6.01. The molecule has 0 aliphatic rings. The number of nitrogens with one attached hydrogen (secondary N) is 1. The Morgan fingerprint density at radius 1 is 1.31 bits per heavy atom. The van der Waals surface area contributed by atoms with E-state index in [0.717, 1.165) is 19.4 Å². The predicted molar refractivity (Wildman–Crippen MR) is 55.3 cm³/mol. The van der Waals surface area contributed by atoms with Crippen LogP contribution in [0.4, 0.5) is 0 Å². The molecule has 80 valence electrons. The third-order valence-corrected chi connectivity index (χ3v) is 2.95. The summed E-state index contributed by atoms with van der Waals surface area (Å²) in [5, 5.41) is 3.03. The lowest BCUT2D eigenvalue weighted by Gasteiger charge is -2.18. The Balaban J connectivity index is 3.71. The molecule has 0 spiro atoms. The summed E-state index contributed by atoms with van der Waals surface area (Å²) in [5.41, 5.74) is 0. The molecule has 4 nitrogen and oxygen atoms in total. The second kappa shape index (κ2) is 7.29. The van der Waals surface area contributed by atoms with Gasteiger partial charge in [-0.1, -0.05) is 0 Å². The lowest BCUT2D eigenvalue weighted by Crippen LogP contribution is -2.30. The summed E-state index contributed by atoms with van der Waals surface area (Å²) in [6, 6.07) is 0.0793. The summed E-state index contributed by atoms with van der Waals surface area (Å²) in [5.74, 6) is 0. The molecule has 0 aromatic rings. The van der Waals surface area contributed by atoms with Gasteiger partial charge in [0.05, 0.1) is 0 Å². The second-order valence-corrected chi connectivity index (χ2v) is 4.29. The zero-order valence-electron chi connectivity index (χ0n) is 8.62. The minimum atomic E-state index is -2.41. The van der Waals surface area contributed by atoms with Gasteiger partial charge in [0, 0.05) is 12.6 Å². The topological polar surface area (TPSA) is 49.4 Å². The molecule has 0 radical (unpaired) electrons. The second-order valence-electron chi connectivity index (χ2n) is 3.31. The standard InChI is InChI=1S/C8H20N2O2S/c1-8(2)10(13(11)12)7-5-4-6-9-3/h8-9,13H,4-7H2,1-3H3. The number of nitrogens with zero attached hydrogens (tertiary/aromatic N) is 1. The highest BCUT2D eigenvalue weighted by Gasteiger charge is 2.09. The van der Waals surface area contributed by atoms with E-state index in [4.69, 9.17) is 0 Å². The van der Waals surface area contributed by atoms with E-state index in [9.17, 15) is 8.42 Å². The van der Waals surface area contributed by atoms with Crippen LogP contribution in [-0.4, -0.2) is 38.9 Å². The summed E-state index contributed by atoms with van der Waals surface area (Å²) in [6.07, 6.45) is 1.94. The van der Waals surface area contributed by atoms with Crippen LogP contribution in [0.15, 0.2) is 0 Å². The predicted octanol–water partition coefficient (Wildman–Crippen LogP) is 0.223. The van der Waals surface area contributed by atoms with Crippen LogP contribution in [0.3, 0.4) is 0 Å². The van der Waals surface area contributed by atoms with E-state index in [1.807, 2.05) is 20.9 Å². The maximum atomic E-state index is 10.8. The van der Waals surface area contributed by atoms with E-state index < -0.39 is 10.9 Å². The van der Waals surface area contributed by atoms with Crippen molar-refractivity contribution in [3.63, 3.8) is 0 Å². The number of thiol groups is 1. The van der Waals surface area contributed by atoms with Crippen LogP contribution in [0.1, 0.15) is 26.7 Å². The molecule has 0 aromatic carbocycles. The minimum Gasteiger partial charge on any atom is -0.320 e. The van der Waals surface area contributed by atoms with Gasteiger partial charge in [-0.15, -0.1) is 0 Å². The molecule has 0 atom stereocenters. The van der Waals surface area contributed by atoms with Crippen LogP contribution in [0.25, 0.3) is 0 Å². The smallest absolute Gasteiger partial charge is 0.204 e. The third-order valence-electron chi connectivity index (χ3n) is 1.87. The Bertz CT molecular complexity index is 185. The van der Waals surface area contributed by atoms with Crippen molar-refractivity contribution in [2.75, 3.05) is 20.1 Å². The van der Waals surface area contributed by atoms with Gasteiger partial charge < -0.3 is 5.32 Å². The molecule has 0 aliphatic carbocycles. The highest BCUT2D eigenvalue weighted by Crippen LogP contribution is 2.00. The molecule has 0 fully saturated rings. The first kappa shape index (κ1) is 12.9. The molecule has 0 amide bonds. The van der Waals surface area contributed by atoms with Crippen LogP contribution < -0.4 is 5.32 Å². The van der Waals surface area contributed by atoms with Gasteiger partial charge in [0.25, 0.3) is 0 Å². The van der Waals surface area contributed by atoms with E-state index in [1.165, 1.54) is 4.31 Å². The van der Waals surface area contributed by atoms with Crippen LogP contribution in [0.2, 0.25) is 0 Å². The van der Waals surface area contributed by atoms with E-state index in [1.54, 1.807) is 0 Å². The van der Waals surface area contributed by atoms with Gasteiger partial charge in [0.1, 0.15) is 0 Å². The van der Waals surface area contributed by atoms with Crippen LogP contribution in [0, 0.1) is 0 Å². The van der Waals surface area contributed by atoms with Gasteiger partial charge in [-0.3, -0.25) is 0 Å². The van der Waals surface area contributed by atoms with Gasteiger partial charge in [-0.25, -0.2) is 12.7 Å². The largest absolute Gasteiger partial charge is 0.320 e. The first-order valence-electron chi connectivity index (χ1n) is 4.65. The van der Waals surface area contributed by atoms with Crippen molar-refractivity contribution in [2.45, 2.75) is 32.7 Å². The summed E-state index contributed by atoms with van der Waals surface area (Å²) >= 11 is 0. The van der Waals surface area contributed by atoms with Crippen molar-refractivity contribution < 1.29 is 8.42 Å². The van der Waals surface area contributed by atoms with Gasteiger partial charge in [-0.2, -0.15) is 0 Å². The normalized spacial score (nSPS) is 11.8. The molecule has 0 saturated carbocycles. The van der Waals surface area contributed by atoms with Gasteiger partial charge >= 0.3 is 0 Å². The van der Waals surface area contributed by atoms with E-state index >= 15 is 0 Å². The molecule has 0 unspecified atom stereocenters. The van der Waals surface area contributed by atoms with E-state index in [2.05, 4.69) is 5.32 Å². The maximum Gasteiger partial charge on any atom is 0.204 e. The Morgan fingerprint density at radius 3 is 2.31 bits per heavy atom. The molecule has 0 aromatic heterocycles. The molecular formula is C8H20N2O2S. The average Bonchev–Trinajstić information content (AvgIpc) is 2.02. The van der Waals surface area contributed by atoms with Crippen LogP contribution in [-0.2, 0) is 10.9 Å². The lowest BCUT2D eigenvalue weighted by atomic mass is 10.3. The molecule has 5 heteroatoms. The average molecular weight is 208 g/mol. The molecule has 0 heterocycles. The number of hydrogen-bond donors (Lipinski definition) is 2. The van der Waals surface area contributed by atoms with Crippen molar-refractivity contribution in [3.8, 4) is 0 Å². The Labute approximate surface area is 82.4 Å². The highest BCUT2D eigenvalue weighted by atomic mass is 32.2. The SMILES string of the molecule is CNCCCCN(C(C)C)[SH](=O)=O. The fraction of sp³-hybridized carbons (Fsp3) is 1.00. The summed E-state index contributed by atoms with van der Waals surface area (Å²) in [6.45, 7) is 5.37. The molecule has 0 saturated heterocycles. The van der Waals surface area contributed by atoms with Crippen molar-refractivity contribution in [1.29, 1.82) is 0 Å². The fourth-order valence-corrected chi connectivity index (χ4v) is 1.79. The summed E-state index contributed by atoms with van der Waals surface area (Å²) < 4.78 is 23.0. The molecule has 0 aliphatic heterocycles. The number of rotatable bonds is 7. The summed E-state index contributed by atoms with van der Waals surface area (Å²) in [4.78, 5) is 0. The molecule has 0 rings (SSSR count). The molecule has 13 heavy (non-hydrogen) atoms.